The minimum absolute atomic E-state index is 0.252. The first-order valence-electron chi connectivity index (χ1n) is 15.3. The van der Waals surface area contributed by atoms with Gasteiger partial charge in [-0.25, -0.2) is 0 Å². The van der Waals surface area contributed by atoms with E-state index in [2.05, 4.69) is 176 Å². The first kappa shape index (κ1) is 35.0. The van der Waals surface area contributed by atoms with Crippen LogP contribution in [-0.2, 0) is 0 Å². The molecule has 41 heavy (non-hydrogen) atoms. The van der Waals surface area contributed by atoms with Crippen LogP contribution in [0, 0.1) is 10.8 Å². The molecule has 220 valence electrons. The summed E-state index contributed by atoms with van der Waals surface area (Å²) in [5.41, 5.74) is 11.6. The van der Waals surface area contributed by atoms with E-state index in [4.69, 9.17) is 0 Å². The van der Waals surface area contributed by atoms with E-state index < -0.39 is 0 Å². The van der Waals surface area contributed by atoms with Crippen LogP contribution in [0.4, 0.5) is 0 Å². The van der Waals surface area contributed by atoms with Gasteiger partial charge in [0.1, 0.15) is 0 Å². The average Bonchev–Trinajstić information content (AvgIpc) is 2.88. The molecular formula is C40H54Te. The van der Waals surface area contributed by atoms with Gasteiger partial charge in [-0.15, -0.1) is 0 Å². The van der Waals surface area contributed by atoms with E-state index in [-0.39, 0.29) is 10.8 Å². The van der Waals surface area contributed by atoms with Gasteiger partial charge in [0.15, 0.2) is 0 Å². The zero-order valence-corrected chi connectivity index (χ0v) is 29.9. The summed E-state index contributed by atoms with van der Waals surface area (Å²) in [6, 6.07) is 0. The maximum Gasteiger partial charge on any atom is -0.0104 e. The molecular weight excluding hydrogens is 608 g/mol. The number of hydrogen-bond donors (Lipinski definition) is 0. The summed E-state index contributed by atoms with van der Waals surface area (Å²) in [5.74, 6) is 0. The van der Waals surface area contributed by atoms with Gasteiger partial charge in [0.2, 0.25) is 0 Å². The second-order valence-corrected chi connectivity index (χ2v) is 14.6. The zero-order chi connectivity index (χ0) is 30.6. The van der Waals surface area contributed by atoms with Crippen LogP contribution in [0.15, 0.2) is 130 Å². The molecule has 0 saturated carbocycles. The van der Waals surface area contributed by atoms with Crippen LogP contribution in [0.3, 0.4) is 0 Å². The molecule has 0 spiro atoms. The van der Waals surface area contributed by atoms with Crippen LogP contribution in [-0.4, -0.2) is 25.4 Å². The van der Waals surface area contributed by atoms with Crippen LogP contribution in [0.5, 0.6) is 0 Å². The Kier molecular flexibility index (Phi) is 14.0. The Balaban J connectivity index is 1.91. The van der Waals surface area contributed by atoms with E-state index in [1.54, 1.807) is 5.57 Å². The van der Waals surface area contributed by atoms with Gasteiger partial charge in [0, 0.05) is 0 Å². The molecule has 1 heteroatoms. The van der Waals surface area contributed by atoms with Crippen LogP contribution in [0.25, 0.3) is 0 Å². The van der Waals surface area contributed by atoms with Crippen molar-refractivity contribution in [2.75, 3.05) is 0 Å². The summed E-state index contributed by atoms with van der Waals surface area (Å²) in [6.45, 7) is 22.7. The SMILES string of the molecule is CC1=C(/C=C/C(C)=C/C=C/C(C)=C/C=C/C=C(C)/C=C/C=C(C)/C=C/C2=C(C)C(=[Te])CCC2(C)C)C(C)(C)CCC1. The largest absolute Gasteiger partial charge is 0.0558 e. The second kappa shape index (κ2) is 16.4. The van der Waals surface area contributed by atoms with Gasteiger partial charge in [0.05, 0.1) is 0 Å². The third-order valence-corrected chi connectivity index (χ3v) is 9.82. The van der Waals surface area contributed by atoms with Crippen LogP contribution in [0.2, 0.25) is 0 Å². The van der Waals surface area contributed by atoms with Crippen LogP contribution < -0.4 is 0 Å². The summed E-state index contributed by atoms with van der Waals surface area (Å²) in [5, 5.41) is 0. The first-order chi connectivity index (χ1) is 19.2. The van der Waals surface area contributed by atoms with Gasteiger partial charge in [-0.2, -0.15) is 0 Å². The van der Waals surface area contributed by atoms with Gasteiger partial charge in [0.25, 0.3) is 0 Å². The third-order valence-electron chi connectivity index (χ3n) is 8.36. The van der Waals surface area contributed by atoms with Gasteiger partial charge in [-0.3, -0.25) is 0 Å². The van der Waals surface area contributed by atoms with Crippen molar-refractivity contribution < 1.29 is 0 Å². The predicted molar refractivity (Wildman–Crippen MR) is 188 cm³/mol. The number of allylic oxidation sites excluding steroid dienone is 22. The molecule has 2 rings (SSSR count). The summed E-state index contributed by atoms with van der Waals surface area (Å²) in [4.78, 5) is 0. The Bertz CT molecular complexity index is 1300. The molecule has 0 aromatic heterocycles. The third kappa shape index (κ3) is 11.9. The molecule has 0 radical (unpaired) electrons. The molecule has 0 aromatic rings. The molecule has 2 aliphatic carbocycles. The molecule has 0 fully saturated rings. The predicted octanol–water partition coefficient (Wildman–Crippen LogP) is 11.6. The quantitative estimate of drug-likeness (QED) is 0.161. The van der Waals surface area contributed by atoms with Gasteiger partial charge >= 0.3 is 143 Å². The molecule has 0 bridgehead atoms. The number of rotatable bonds is 10. The molecule has 0 unspecified atom stereocenters. The van der Waals surface area contributed by atoms with Gasteiger partial charge in [-0.1, -0.05) is 73.1 Å². The van der Waals surface area contributed by atoms with E-state index in [0.717, 1.165) is 0 Å². The monoisotopic (exact) mass is 664 g/mol. The molecule has 2 aliphatic rings. The van der Waals surface area contributed by atoms with Crippen molar-refractivity contribution in [3.63, 3.8) is 0 Å². The Labute approximate surface area is 266 Å². The molecule has 0 aromatic carbocycles. The second-order valence-electron chi connectivity index (χ2n) is 13.2. The molecule has 0 heterocycles. The summed E-state index contributed by atoms with van der Waals surface area (Å²) in [6.07, 6.45) is 37.0. The smallest absolute Gasteiger partial charge is 0.0104 e. The average molecular weight is 662 g/mol. The van der Waals surface area contributed by atoms with Crippen molar-refractivity contribution in [1.29, 1.82) is 0 Å². The van der Waals surface area contributed by atoms with Crippen LogP contribution in [0.1, 0.15) is 101 Å². The fourth-order valence-corrected chi connectivity index (χ4v) is 6.14. The Morgan fingerprint density at radius 3 is 1.54 bits per heavy atom. The van der Waals surface area contributed by atoms with Gasteiger partial charge in [-0.05, 0) is 51.0 Å². The van der Waals surface area contributed by atoms with E-state index in [1.807, 2.05) is 0 Å². The standard InChI is InChI=1S/C40H54Te/c1-30(18-13-20-32(3)23-25-36-34(5)22-15-28-39(36,7)8)16-11-12-17-31(2)19-14-21-33(4)24-26-37-35(6)38(41)27-29-40(37,9)10/h11-14,16-21,23-26H,15,22,27-29H2,1-10H3/b12-11+,18-13+,19-14+,25-23+,26-24+,30-16+,31-17+,32-20+,33-21+. The van der Waals surface area contributed by atoms with Crippen molar-refractivity contribution in [3.05, 3.63) is 130 Å². The Hall–Kier alpha value is -2.20. The molecule has 0 saturated heterocycles. The fourth-order valence-electron chi connectivity index (χ4n) is 5.54. The van der Waals surface area contributed by atoms with Gasteiger partial charge < -0.3 is 0 Å². The zero-order valence-electron chi connectivity index (χ0n) is 27.5. The van der Waals surface area contributed by atoms with E-state index >= 15 is 0 Å². The molecule has 0 nitrogen and oxygen atoms in total. The summed E-state index contributed by atoms with van der Waals surface area (Å²) in [7, 11) is 0. The minimum atomic E-state index is 0.252. The van der Waals surface area contributed by atoms with Crippen molar-refractivity contribution in [2.45, 2.75) is 101 Å². The molecule has 0 atom stereocenters. The maximum absolute atomic E-state index is 2.37. The van der Waals surface area contributed by atoms with E-state index in [9.17, 15) is 0 Å². The summed E-state index contributed by atoms with van der Waals surface area (Å²) >= 11 is 2.20. The minimum Gasteiger partial charge on any atom is -0.0558 e. The van der Waals surface area contributed by atoms with E-state index in [1.165, 1.54) is 74.7 Å². The van der Waals surface area contributed by atoms with Crippen molar-refractivity contribution >= 4 is 25.4 Å². The summed E-state index contributed by atoms with van der Waals surface area (Å²) < 4.78 is 1.54. The molecule has 0 amide bonds. The van der Waals surface area contributed by atoms with Crippen molar-refractivity contribution in [3.8, 4) is 0 Å². The van der Waals surface area contributed by atoms with E-state index in [0.29, 0.717) is 0 Å². The number of hydrogen-bond acceptors (Lipinski definition) is 0. The Morgan fingerprint density at radius 1 is 0.585 bits per heavy atom. The molecule has 0 aliphatic heterocycles. The fraction of sp³-hybridized carbons (Fsp3) is 0.425. The van der Waals surface area contributed by atoms with Crippen molar-refractivity contribution in [2.24, 2.45) is 10.8 Å². The molecule has 0 N–H and O–H groups in total. The maximum atomic E-state index is 2.37. The van der Waals surface area contributed by atoms with Crippen LogP contribution >= 0.6 is 0 Å². The normalized spacial score (nSPS) is 21.8. The first-order valence-corrected chi connectivity index (χ1v) is 16.4. The Morgan fingerprint density at radius 2 is 1.02 bits per heavy atom. The van der Waals surface area contributed by atoms with Crippen molar-refractivity contribution in [1.82, 2.24) is 0 Å². The topological polar surface area (TPSA) is 0 Å².